The minimum Gasteiger partial charge on any atom is -0.479 e. The van der Waals surface area contributed by atoms with Gasteiger partial charge >= 0.3 is 12.6 Å². The molecule has 0 amide bonds. The molecule has 0 spiro atoms. The molecule has 122 valence electrons. The van der Waals surface area contributed by atoms with Crippen LogP contribution in [0.15, 0.2) is 24.3 Å². The molecule has 1 aliphatic rings. The van der Waals surface area contributed by atoms with Crippen LogP contribution >= 0.6 is 0 Å². The van der Waals surface area contributed by atoms with Gasteiger partial charge in [-0.2, -0.15) is 8.78 Å². The van der Waals surface area contributed by atoms with E-state index in [9.17, 15) is 18.7 Å². The molecule has 2 unspecified atom stereocenters. The van der Waals surface area contributed by atoms with Crippen molar-refractivity contribution in [2.45, 2.75) is 51.1 Å². The fourth-order valence-corrected chi connectivity index (χ4v) is 2.20. The van der Waals surface area contributed by atoms with Crippen molar-refractivity contribution in [2.75, 3.05) is 0 Å². The number of alkyl halides is 2. The summed E-state index contributed by atoms with van der Waals surface area (Å²) >= 11 is 0. The molecule has 1 heterocycles. The number of ether oxygens (including phenoxy) is 3. The molecule has 0 radical (unpaired) electrons. The normalized spacial score (nSPS) is 23.4. The van der Waals surface area contributed by atoms with Gasteiger partial charge in [0.05, 0.1) is 0 Å². The number of para-hydroxylation sites is 2. The van der Waals surface area contributed by atoms with Crippen molar-refractivity contribution in [2.24, 2.45) is 0 Å². The Labute approximate surface area is 126 Å². The van der Waals surface area contributed by atoms with E-state index in [4.69, 9.17) is 9.47 Å². The van der Waals surface area contributed by atoms with Gasteiger partial charge in [-0.15, -0.1) is 0 Å². The number of hydrogen-bond acceptors (Lipinski definition) is 4. The first kappa shape index (κ1) is 16.5. The van der Waals surface area contributed by atoms with Crippen LogP contribution < -0.4 is 9.47 Å². The molecular weight excluding hydrogens is 298 g/mol. The average Bonchev–Trinajstić information content (AvgIpc) is 3.15. The number of epoxide rings is 1. The highest BCUT2D eigenvalue weighted by Gasteiger charge is 2.65. The third-order valence-electron chi connectivity index (χ3n) is 3.45. The second-order valence-electron chi connectivity index (χ2n) is 5.04. The number of hydrogen-bond donors (Lipinski definition) is 1. The van der Waals surface area contributed by atoms with E-state index >= 15 is 0 Å². The highest BCUT2D eigenvalue weighted by molar-refractivity contribution is 5.81. The number of carboxylic acids is 1. The molecule has 1 aromatic carbocycles. The summed E-state index contributed by atoms with van der Waals surface area (Å²) in [5.41, 5.74) is -1.40. The van der Waals surface area contributed by atoms with Gasteiger partial charge in [-0.25, -0.2) is 4.79 Å². The maximum absolute atomic E-state index is 12.3. The Hall–Kier alpha value is -1.89. The molecule has 1 aliphatic heterocycles. The SMILES string of the molecule is CCCCCC1(C(=O)O)OC1Oc1ccccc1OC(F)F. The summed E-state index contributed by atoms with van der Waals surface area (Å²) in [6, 6.07) is 5.85. The van der Waals surface area contributed by atoms with Gasteiger partial charge in [0.1, 0.15) is 0 Å². The molecule has 0 aliphatic carbocycles. The minimum absolute atomic E-state index is 0.0337. The van der Waals surface area contributed by atoms with Crippen LogP contribution in [0.2, 0.25) is 0 Å². The molecular formula is C15H18F2O5. The van der Waals surface area contributed by atoms with Crippen LogP contribution in [0.4, 0.5) is 8.78 Å². The smallest absolute Gasteiger partial charge is 0.387 e. The molecule has 2 rings (SSSR count). The molecule has 1 saturated heterocycles. The van der Waals surface area contributed by atoms with Crippen molar-refractivity contribution in [3.63, 3.8) is 0 Å². The molecule has 0 saturated carbocycles. The number of carbonyl (C=O) groups is 1. The zero-order valence-electron chi connectivity index (χ0n) is 12.1. The third-order valence-corrected chi connectivity index (χ3v) is 3.45. The van der Waals surface area contributed by atoms with Crippen LogP contribution in [0.3, 0.4) is 0 Å². The number of rotatable bonds is 9. The van der Waals surface area contributed by atoms with Gasteiger partial charge in [0.15, 0.2) is 11.5 Å². The van der Waals surface area contributed by atoms with Gasteiger partial charge in [0.2, 0.25) is 11.9 Å². The standard InChI is InChI=1S/C15H18F2O5/c1-2-3-6-9-15(12(18)19)13(22-15)20-10-7-4-5-8-11(10)21-14(16)17/h4-5,7-8,13-14H,2-3,6,9H2,1H3,(H,18,19). The maximum atomic E-state index is 12.3. The molecule has 5 nitrogen and oxygen atoms in total. The first-order chi connectivity index (χ1) is 10.5. The Morgan fingerprint density at radius 2 is 2.05 bits per heavy atom. The van der Waals surface area contributed by atoms with Crippen molar-refractivity contribution in [3.8, 4) is 11.5 Å². The van der Waals surface area contributed by atoms with Crippen molar-refractivity contribution in [3.05, 3.63) is 24.3 Å². The lowest BCUT2D eigenvalue weighted by Gasteiger charge is -2.12. The molecule has 1 aromatic rings. The average molecular weight is 316 g/mol. The highest BCUT2D eigenvalue weighted by atomic mass is 19.3. The second-order valence-corrected chi connectivity index (χ2v) is 5.04. The van der Waals surface area contributed by atoms with E-state index in [0.717, 1.165) is 12.8 Å². The van der Waals surface area contributed by atoms with Crippen LogP contribution in [0.25, 0.3) is 0 Å². The van der Waals surface area contributed by atoms with E-state index in [1.807, 2.05) is 6.92 Å². The summed E-state index contributed by atoms with van der Waals surface area (Å²) < 4.78 is 39.6. The van der Waals surface area contributed by atoms with Crippen LogP contribution in [-0.4, -0.2) is 29.6 Å². The largest absolute Gasteiger partial charge is 0.479 e. The van der Waals surface area contributed by atoms with Crippen molar-refractivity contribution >= 4 is 5.97 Å². The fraction of sp³-hybridized carbons (Fsp3) is 0.533. The summed E-state index contributed by atoms with van der Waals surface area (Å²) in [7, 11) is 0. The van der Waals surface area contributed by atoms with Crippen LogP contribution in [0.5, 0.6) is 11.5 Å². The Balaban J connectivity index is 2.04. The monoisotopic (exact) mass is 316 g/mol. The second kappa shape index (κ2) is 6.91. The zero-order chi connectivity index (χ0) is 16.2. The molecule has 7 heteroatoms. The van der Waals surface area contributed by atoms with Crippen LogP contribution in [0.1, 0.15) is 32.6 Å². The summed E-state index contributed by atoms with van der Waals surface area (Å²) in [6.45, 7) is -0.980. The lowest BCUT2D eigenvalue weighted by Crippen LogP contribution is -2.29. The summed E-state index contributed by atoms with van der Waals surface area (Å²) in [5.74, 6) is -1.23. The Morgan fingerprint density at radius 1 is 1.36 bits per heavy atom. The Morgan fingerprint density at radius 3 is 2.64 bits per heavy atom. The van der Waals surface area contributed by atoms with E-state index in [2.05, 4.69) is 4.74 Å². The van der Waals surface area contributed by atoms with Gasteiger partial charge in [0, 0.05) is 0 Å². The predicted octanol–water partition coefficient (Wildman–Crippen LogP) is 3.43. The number of halogens is 2. The maximum Gasteiger partial charge on any atom is 0.387 e. The molecule has 1 fully saturated rings. The molecule has 0 aromatic heterocycles. The third kappa shape index (κ3) is 3.65. The molecule has 1 N–H and O–H groups in total. The van der Waals surface area contributed by atoms with E-state index in [1.54, 1.807) is 6.07 Å². The lowest BCUT2D eigenvalue weighted by atomic mass is 10.0. The van der Waals surface area contributed by atoms with E-state index < -0.39 is 24.5 Å². The van der Waals surface area contributed by atoms with E-state index in [-0.39, 0.29) is 11.5 Å². The predicted molar refractivity (Wildman–Crippen MR) is 73.1 cm³/mol. The number of carboxylic acid groups (broad SMARTS) is 1. The molecule has 2 atom stereocenters. The Bertz CT molecular complexity index is 522. The van der Waals surface area contributed by atoms with Crippen molar-refractivity contribution in [1.29, 1.82) is 0 Å². The topological polar surface area (TPSA) is 68.3 Å². The summed E-state index contributed by atoms with van der Waals surface area (Å²) in [6.07, 6.45) is 1.85. The van der Waals surface area contributed by atoms with Gasteiger partial charge in [0.25, 0.3) is 0 Å². The van der Waals surface area contributed by atoms with Crippen LogP contribution in [0, 0.1) is 0 Å². The van der Waals surface area contributed by atoms with Gasteiger partial charge < -0.3 is 19.3 Å². The van der Waals surface area contributed by atoms with E-state index in [1.165, 1.54) is 18.2 Å². The van der Waals surface area contributed by atoms with E-state index in [0.29, 0.717) is 12.8 Å². The molecule has 0 bridgehead atoms. The van der Waals surface area contributed by atoms with Gasteiger partial charge in [-0.05, 0) is 25.0 Å². The lowest BCUT2D eigenvalue weighted by molar-refractivity contribution is -0.143. The quantitative estimate of drug-likeness (QED) is 0.558. The Kier molecular flexibility index (Phi) is 5.18. The number of benzene rings is 1. The first-order valence-electron chi connectivity index (χ1n) is 7.11. The van der Waals surface area contributed by atoms with Crippen molar-refractivity contribution in [1.82, 2.24) is 0 Å². The minimum atomic E-state index is -2.99. The van der Waals surface area contributed by atoms with Crippen molar-refractivity contribution < 1.29 is 32.9 Å². The summed E-state index contributed by atoms with van der Waals surface area (Å²) in [4.78, 5) is 11.4. The first-order valence-corrected chi connectivity index (χ1v) is 7.11. The zero-order valence-corrected chi connectivity index (χ0v) is 12.1. The molecule has 22 heavy (non-hydrogen) atoms. The van der Waals surface area contributed by atoms with Gasteiger partial charge in [-0.3, -0.25) is 0 Å². The van der Waals surface area contributed by atoms with Crippen LogP contribution in [-0.2, 0) is 9.53 Å². The van der Waals surface area contributed by atoms with Gasteiger partial charge in [-0.1, -0.05) is 31.9 Å². The summed E-state index contributed by atoms with van der Waals surface area (Å²) in [5, 5.41) is 9.31. The fourth-order valence-electron chi connectivity index (χ4n) is 2.20. The number of aliphatic carboxylic acids is 1. The number of unbranched alkanes of at least 4 members (excludes halogenated alkanes) is 2. The highest BCUT2D eigenvalue weighted by Crippen LogP contribution is 2.44.